The van der Waals surface area contributed by atoms with Gasteiger partial charge in [0.1, 0.15) is 10.7 Å². The molecule has 0 N–H and O–H groups in total. The SMILES string of the molecule is Cc1nn(CC(C)C)cc1S(=O)(=O)N1CCCN(c2ccccn2)CC1.Cl. The van der Waals surface area contributed by atoms with Crippen molar-refractivity contribution in [3.05, 3.63) is 36.3 Å². The second kappa shape index (κ2) is 9.03. The Labute approximate surface area is 167 Å². The van der Waals surface area contributed by atoms with Gasteiger partial charge in [0.25, 0.3) is 0 Å². The van der Waals surface area contributed by atoms with Gasteiger partial charge >= 0.3 is 0 Å². The number of pyridine rings is 1. The Kier molecular flexibility index (Phi) is 7.25. The molecule has 0 unspecified atom stereocenters. The fourth-order valence-corrected chi connectivity index (χ4v) is 4.90. The molecule has 0 bridgehead atoms. The summed E-state index contributed by atoms with van der Waals surface area (Å²) in [5.41, 5.74) is 0.566. The molecule has 150 valence electrons. The highest BCUT2D eigenvalue weighted by molar-refractivity contribution is 7.89. The van der Waals surface area contributed by atoms with Crippen LogP contribution in [-0.2, 0) is 16.6 Å². The predicted octanol–water partition coefficient (Wildman–Crippen LogP) is 2.57. The quantitative estimate of drug-likeness (QED) is 0.753. The molecular formula is C18H28ClN5O2S. The molecule has 0 atom stereocenters. The Morgan fingerprint density at radius 1 is 1.15 bits per heavy atom. The van der Waals surface area contributed by atoms with Crippen molar-refractivity contribution in [1.82, 2.24) is 19.1 Å². The summed E-state index contributed by atoms with van der Waals surface area (Å²) in [5.74, 6) is 1.31. The first-order chi connectivity index (χ1) is 12.4. The highest BCUT2D eigenvalue weighted by Crippen LogP contribution is 2.22. The van der Waals surface area contributed by atoms with Crippen LogP contribution in [0.25, 0.3) is 0 Å². The summed E-state index contributed by atoms with van der Waals surface area (Å²) in [7, 11) is -3.53. The molecule has 1 aliphatic heterocycles. The fourth-order valence-electron chi connectivity index (χ4n) is 3.26. The first-order valence-electron chi connectivity index (χ1n) is 9.08. The molecule has 1 aliphatic rings. The number of aromatic nitrogens is 3. The second-order valence-electron chi connectivity index (χ2n) is 7.13. The van der Waals surface area contributed by atoms with E-state index in [0.29, 0.717) is 42.7 Å². The second-order valence-corrected chi connectivity index (χ2v) is 9.03. The Hall–Kier alpha value is -1.64. The van der Waals surface area contributed by atoms with Crippen molar-refractivity contribution >= 4 is 28.2 Å². The number of sulfonamides is 1. The third-order valence-electron chi connectivity index (χ3n) is 4.50. The van der Waals surface area contributed by atoms with E-state index in [-0.39, 0.29) is 12.4 Å². The monoisotopic (exact) mass is 413 g/mol. The third kappa shape index (κ3) is 5.00. The topological polar surface area (TPSA) is 71.3 Å². The number of anilines is 1. The van der Waals surface area contributed by atoms with Gasteiger partial charge in [-0.3, -0.25) is 4.68 Å². The Bertz CT molecular complexity index is 839. The van der Waals surface area contributed by atoms with Crippen molar-refractivity contribution in [1.29, 1.82) is 0 Å². The largest absolute Gasteiger partial charge is 0.355 e. The minimum absolute atomic E-state index is 0. The van der Waals surface area contributed by atoms with Crippen molar-refractivity contribution in [2.24, 2.45) is 5.92 Å². The molecule has 1 fully saturated rings. The highest BCUT2D eigenvalue weighted by Gasteiger charge is 2.30. The standard InChI is InChI=1S/C18H27N5O2S.ClH/c1-15(2)13-22-14-17(16(3)20-22)26(24,25)23-10-6-9-21(11-12-23)18-7-4-5-8-19-18;/h4-5,7-8,14-15H,6,9-13H2,1-3H3;1H. The van der Waals surface area contributed by atoms with Crippen molar-refractivity contribution in [3.8, 4) is 0 Å². The molecule has 0 radical (unpaired) electrons. The van der Waals surface area contributed by atoms with Crippen LogP contribution in [0.2, 0.25) is 0 Å². The summed E-state index contributed by atoms with van der Waals surface area (Å²) in [6.45, 7) is 9.06. The normalized spacial score (nSPS) is 16.2. The van der Waals surface area contributed by atoms with Crippen LogP contribution in [0.4, 0.5) is 5.82 Å². The highest BCUT2D eigenvalue weighted by atomic mass is 35.5. The molecule has 0 aromatic carbocycles. The maximum Gasteiger partial charge on any atom is 0.246 e. The van der Waals surface area contributed by atoms with E-state index in [2.05, 4.69) is 28.8 Å². The lowest BCUT2D eigenvalue weighted by Crippen LogP contribution is -2.35. The van der Waals surface area contributed by atoms with Crippen LogP contribution in [-0.4, -0.2) is 53.7 Å². The Morgan fingerprint density at radius 3 is 2.59 bits per heavy atom. The van der Waals surface area contributed by atoms with Crippen molar-refractivity contribution in [2.45, 2.75) is 38.6 Å². The lowest BCUT2D eigenvalue weighted by atomic mass is 10.2. The molecular weight excluding hydrogens is 386 g/mol. The van der Waals surface area contributed by atoms with Crippen molar-refractivity contribution in [3.63, 3.8) is 0 Å². The van der Waals surface area contributed by atoms with Crippen LogP contribution in [0.1, 0.15) is 26.0 Å². The number of aryl methyl sites for hydroxylation is 1. The van der Waals surface area contributed by atoms with Crippen LogP contribution in [0.15, 0.2) is 35.5 Å². The van der Waals surface area contributed by atoms with Crippen LogP contribution < -0.4 is 4.90 Å². The van der Waals surface area contributed by atoms with Crippen LogP contribution in [0.3, 0.4) is 0 Å². The predicted molar refractivity (Wildman–Crippen MR) is 109 cm³/mol. The lowest BCUT2D eigenvalue weighted by Gasteiger charge is -2.22. The van der Waals surface area contributed by atoms with Crippen molar-refractivity contribution in [2.75, 3.05) is 31.1 Å². The van der Waals surface area contributed by atoms with Gasteiger partial charge in [0, 0.05) is 45.1 Å². The molecule has 3 rings (SSSR count). The molecule has 2 aromatic rings. The third-order valence-corrected chi connectivity index (χ3v) is 6.50. The molecule has 1 saturated heterocycles. The van der Waals surface area contributed by atoms with Crippen LogP contribution >= 0.6 is 12.4 Å². The minimum Gasteiger partial charge on any atom is -0.355 e. The molecule has 0 aliphatic carbocycles. The van der Waals surface area contributed by atoms with E-state index < -0.39 is 10.0 Å². The Balaban J connectivity index is 0.00000261. The summed E-state index contributed by atoms with van der Waals surface area (Å²) in [6, 6.07) is 5.80. The van der Waals surface area contributed by atoms with E-state index in [1.165, 1.54) is 0 Å². The van der Waals surface area contributed by atoms with E-state index in [0.717, 1.165) is 18.8 Å². The van der Waals surface area contributed by atoms with E-state index in [1.807, 2.05) is 18.2 Å². The number of nitrogens with zero attached hydrogens (tertiary/aromatic N) is 5. The molecule has 9 heteroatoms. The minimum atomic E-state index is -3.53. The van der Waals surface area contributed by atoms with Gasteiger partial charge in [0.2, 0.25) is 10.0 Å². The molecule has 7 nitrogen and oxygen atoms in total. The zero-order chi connectivity index (χ0) is 18.7. The number of rotatable bonds is 5. The van der Waals surface area contributed by atoms with Gasteiger partial charge < -0.3 is 4.90 Å². The summed E-state index contributed by atoms with van der Waals surface area (Å²) in [4.78, 5) is 6.85. The van der Waals surface area contributed by atoms with Gasteiger partial charge in [0.05, 0.1) is 5.69 Å². The smallest absolute Gasteiger partial charge is 0.246 e. The Morgan fingerprint density at radius 2 is 1.93 bits per heavy atom. The van der Waals surface area contributed by atoms with Gasteiger partial charge in [-0.15, -0.1) is 12.4 Å². The van der Waals surface area contributed by atoms with Gasteiger partial charge in [0.15, 0.2) is 0 Å². The molecule has 0 amide bonds. The summed E-state index contributed by atoms with van der Waals surface area (Å²) < 4.78 is 29.6. The van der Waals surface area contributed by atoms with Gasteiger partial charge in [-0.2, -0.15) is 9.40 Å². The average molecular weight is 414 g/mol. The van der Waals surface area contributed by atoms with Gasteiger partial charge in [-0.25, -0.2) is 13.4 Å². The maximum absolute atomic E-state index is 13.1. The molecule has 0 spiro atoms. The zero-order valence-electron chi connectivity index (χ0n) is 16.1. The van der Waals surface area contributed by atoms with E-state index in [4.69, 9.17) is 0 Å². The molecule has 0 saturated carbocycles. The molecule has 3 heterocycles. The first-order valence-corrected chi connectivity index (χ1v) is 10.5. The van der Waals surface area contributed by atoms with Gasteiger partial charge in [-0.1, -0.05) is 19.9 Å². The first kappa shape index (κ1) is 21.7. The molecule has 27 heavy (non-hydrogen) atoms. The maximum atomic E-state index is 13.1. The van der Waals surface area contributed by atoms with Crippen molar-refractivity contribution < 1.29 is 8.42 Å². The van der Waals surface area contributed by atoms with Gasteiger partial charge in [-0.05, 0) is 31.4 Å². The van der Waals surface area contributed by atoms with E-state index >= 15 is 0 Å². The van der Waals surface area contributed by atoms with E-state index in [1.54, 1.807) is 28.3 Å². The average Bonchev–Trinajstić information content (AvgIpc) is 2.82. The summed E-state index contributed by atoms with van der Waals surface area (Å²) >= 11 is 0. The summed E-state index contributed by atoms with van der Waals surface area (Å²) in [5, 5.41) is 4.39. The number of hydrogen-bond acceptors (Lipinski definition) is 5. The lowest BCUT2D eigenvalue weighted by molar-refractivity contribution is 0.432. The number of hydrogen-bond donors (Lipinski definition) is 0. The summed E-state index contributed by atoms with van der Waals surface area (Å²) in [6.07, 6.45) is 4.21. The van der Waals surface area contributed by atoms with E-state index in [9.17, 15) is 8.42 Å². The fraction of sp³-hybridized carbons (Fsp3) is 0.556. The van der Waals surface area contributed by atoms with Crippen LogP contribution in [0, 0.1) is 12.8 Å². The number of halogens is 1. The van der Waals surface area contributed by atoms with Crippen LogP contribution in [0.5, 0.6) is 0 Å². The molecule has 2 aromatic heterocycles. The zero-order valence-corrected chi connectivity index (χ0v) is 17.7.